The van der Waals surface area contributed by atoms with Gasteiger partial charge in [-0.3, -0.25) is 9.69 Å². The van der Waals surface area contributed by atoms with Gasteiger partial charge in [0.15, 0.2) is 0 Å². The summed E-state index contributed by atoms with van der Waals surface area (Å²) in [6.07, 6.45) is 2.60. The Balaban J connectivity index is 1.65. The van der Waals surface area contributed by atoms with Crippen molar-refractivity contribution in [1.82, 2.24) is 9.80 Å². The Morgan fingerprint density at radius 1 is 1.28 bits per heavy atom. The molecule has 2 aliphatic heterocycles. The van der Waals surface area contributed by atoms with Crippen molar-refractivity contribution in [3.8, 4) is 0 Å². The molecule has 1 atom stereocenters. The average molecular weight is 255 g/mol. The Morgan fingerprint density at radius 3 is 2.67 bits per heavy atom. The maximum Gasteiger partial charge on any atom is 0.222 e. The van der Waals surface area contributed by atoms with Crippen molar-refractivity contribution >= 4 is 5.91 Å². The molecule has 0 spiro atoms. The van der Waals surface area contributed by atoms with Gasteiger partial charge in [-0.15, -0.1) is 0 Å². The number of nitrogens with two attached hydrogens (primary N) is 1. The number of ether oxygens (including phenoxy) is 1. The van der Waals surface area contributed by atoms with Crippen LogP contribution in [0.25, 0.3) is 0 Å². The van der Waals surface area contributed by atoms with Gasteiger partial charge < -0.3 is 15.4 Å². The molecule has 2 N–H and O–H groups in total. The fourth-order valence-corrected chi connectivity index (χ4v) is 2.68. The highest BCUT2D eigenvalue weighted by atomic mass is 16.5. The smallest absolute Gasteiger partial charge is 0.222 e. The lowest BCUT2D eigenvalue weighted by molar-refractivity contribution is -0.133. The second kappa shape index (κ2) is 7.07. The Hall–Kier alpha value is -0.650. The molecule has 2 fully saturated rings. The monoisotopic (exact) mass is 255 g/mol. The predicted molar refractivity (Wildman–Crippen MR) is 70.2 cm³/mol. The number of hydrogen-bond donors (Lipinski definition) is 1. The highest BCUT2D eigenvalue weighted by Crippen LogP contribution is 2.15. The van der Waals surface area contributed by atoms with Gasteiger partial charge in [-0.05, 0) is 25.3 Å². The van der Waals surface area contributed by atoms with E-state index in [0.717, 1.165) is 52.4 Å². The van der Waals surface area contributed by atoms with E-state index in [1.165, 1.54) is 6.42 Å². The van der Waals surface area contributed by atoms with Crippen LogP contribution in [0.4, 0.5) is 0 Å². The van der Waals surface area contributed by atoms with Crippen molar-refractivity contribution in [2.75, 3.05) is 52.5 Å². The van der Waals surface area contributed by atoms with E-state index < -0.39 is 0 Å². The van der Waals surface area contributed by atoms with Crippen LogP contribution in [0.15, 0.2) is 0 Å². The molecule has 18 heavy (non-hydrogen) atoms. The number of amides is 1. The third kappa shape index (κ3) is 3.93. The summed E-state index contributed by atoms with van der Waals surface area (Å²) in [7, 11) is 0. The Morgan fingerprint density at radius 2 is 2.06 bits per heavy atom. The van der Waals surface area contributed by atoms with Crippen LogP contribution in [0.1, 0.15) is 19.3 Å². The van der Waals surface area contributed by atoms with E-state index in [1.807, 2.05) is 4.90 Å². The summed E-state index contributed by atoms with van der Waals surface area (Å²) in [5.74, 6) is 0.966. The fraction of sp³-hybridized carbons (Fsp3) is 0.923. The average Bonchev–Trinajstić information content (AvgIpc) is 2.89. The first-order valence-electron chi connectivity index (χ1n) is 7.07. The topological polar surface area (TPSA) is 58.8 Å². The SMILES string of the molecule is NCCCC(=O)N1CCN(CC2CCOC2)CC1. The molecule has 0 aromatic heterocycles. The van der Waals surface area contributed by atoms with Crippen molar-refractivity contribution in [2.24, 2.45) is 11.7 Å². The van der Waals surface area contributed by atoms with Crippen LogP contribution in [-0.4, -0.2) is 68.2 Å². The van der Waals surface area contributed by atoms with Gasteiger partial charge in [0.25, 0.3) is 0 Å². The van der Waals surface area contributed by atoms with Crippen LogP contribution in [0.5, 0.6) is 0 Å². The van der Waals surface area contributed by atoms with Crippen molar-refractivity contribution in [2.45, 2.75) is 19.3 Å². The second-order valence-electron chi connectivity index (χ2n) is 5.30. The first kappa shape index (κ1) is 13.8. The standard InChI is InChI=1S/C13H25N3O2/c14-4-1-2-13(17)16-7-5-15(6-8-16)10-12-3-9-18-11-12/h12H,1-11,14H2. The van der Waals surface area contributed by atoms with E-state index >= 15 is 0 Å². The lowest BCUT2D eigenvalue weighted by atomic mass is 10.1. The van der Waals surface area contributed by atoms with Gasteiger partial charge in [0.05, 0.1) is 6.61 Å². The minimum atomic E-state index is 0.268. The molecule has 2 rings (SSSR count). The van der Waals surface area contributed by atoms with Crippen LogP contribution in [-0.2, 0) is 9.53 Å². The quantitative estimate of drug-likeness (QED) is 0.746. The molecule has 2 saturated heterocycles. The summed E-state index contributed by atoms with van der Waals surface area (Å²) in [5.41, 5.74) is 5.43. The predicted octanol–water partition coefficient (Wildman–Crippen LogP) is -0.0940. The molecule has 104 valence electrons. The van der Waals surface area contributed by atoms with Crippen molar-refractivity contribution in [3.05, 3.63) is 0 Å². The molecule has 5 heteroatoms. The minimum absolute atomic E-state index is 0.268. The van der Waals surface area contributed by atoms with Gasteiger partial charge in [0.1, 0.15) is 0 Å². The molecule has 0 aromatic rings. The molecule has 0 bridgehead atoms. The molecule has 2 heterocycles. The van der Waals surface area contributed by atoms with Crippen LogP contribution in [0.3, 0.4) is 0 Å². The molecule has 1 amide bonds. The molecule has 5 nitrogen and oxygen atoms in total. The van der Waals surface area contributed by atoms with Crippen LogP contribution < -0.4 is 5.73 Å². The summed E-state index contributed by atoms with van der Waals surface area (Å²) < 4.78 is 5.40. The first-order valence-corrected chi connectivity index (χ1v) is 7.07. The number of piperazine rings is 1. The third-order valence-electron chi connectivity index (χ3n) is 3.86. The summed E-state index contributed by atoms with van der Waals surface area (Å²) in [4.78, 5) is 16.3. The summed E-state index contributed by atoms with van der Waals surface area (Å²) >= 11 is 0. The Bertz CT molecular complexity index is 259. The number of rotatable bonds is 5. The molecular weight excluding hydrogens is 230 g/mol. The highest BCUT2D eigenvalue weighted by molar-refractivity contribution is 5.76. The zero-order chi connectivity index (χ0) is 12.8. The molecule has 0 aromatic carbocycles. The van der Waals surface area contributed by atoms with Crippen LogP contribution in [0.2, 0.25) is 0 Å². The second-order valence-corrected chi connectivity index (χ2v) is 5.30. The van der Waals surface area contributed by atoms with Crippen LogP contribution in [0, 0.1) is 5.92 Å². The number of carbonyl (C=O) groups excluding carboxylic acids is 1. The number of carbonyl (C=O) groups is 1. The van der Waals surface area contributed by atoms with Gasteiger partial charge in [0, 0.05) is 45.8 Å². The lowest BCUT2D eigenvalue weighted by Gasteiger charge is -2.35. The van der Waals surface area contributed by atoms with Gasteiger partial charge in [0.2, 0.25) is 5.91 Å². The largest absolute Gasteiger partial charge is 0.381 e. The Labute approximate surface area is 109 Å². The maximum atomic E-state index is 11.8. The van der Waals surface area contributed by atoms with Crippen molar-refractivity contribution in [1.29, 1.82) is 0 Å². The maximum absolute atomic E-state index is 11.8. The van der Waals surface area contributed by atoms with E-state index in [4.69, 9.17) is 10.5 Å². The molecular formula is C13H25N3O2. The van der Waals surface area contributed by atoms with Gasteiger partial charge in [-0.25, -0.2) is 0 Å². The summed E-state index contributed by atoms with van der Waals surface area (Å²) in [5, 5.41) is 0. The van der Waals surface area contributed by atoms with Gasteiger partial charge >= 0.3 is 0 Å². The van der Waals surface area contributed by atoms with Gasteiger partial charge in [-0.2, -0.15) is 0 Å². The van der Waals surface area contributed by atoms with E-state index in [0.29, 0.717) is 18.9 Å². The zero-order valence-corrected chi connectivity index (χ0v) is 11.1. The summed E-state index contributed by atoms with van der Waals surface area (Å²) in [6, 6.07) is 0. The van der Waals surface area contributed by atoms with Crippen molar-refractivity contribution in [3.63, 3.8) is 0 Å². The lowest BCUT2D eigenvalue weighted by Crippen LogP contribution is -2.49. The highest BCUT2D eigenvalue weighted by Gasteiger charge is 2.24. The van der Waals surface area contributed by atoms with E-state index in [-0.39, 0.29) is 5.91 Å². The van der Waals surface area contributed by atoms with Crippen molar-refractivity contribution < 1.29 is 9.53 Å². The normalized spacial score (nSPS) is 25.6. The number of hydrogen-bond acceptors (Lipinski definition) is 4. The molecule has 0 radical (unpaired) electrons. The molecule has 2 aliphatic rings. The zero-order valence-electron chi connectivity index (χ0n) is 11.1. The molecule has 0 aliphatic carbocycles. The number of nitrogens with zero attached hydrogens (tertiary/aromatic N) is 2. The molecule has 0 saturated carbocycles. The van der Waals surface area contributed by atoms with E-state index in [9.17, 15) is 4.79 Å². The van der Waals surface area contributed by atoms with E-state index in [1.54, 1.807) is 0 Å². The molecule has 1 unspecified atom stereocenters. The first-order chi connectivity index (χ1) is 8.79. The van der Waals surface area contributed by atoms with Crippen LogP contribution >= 0.6 is 0 Å². The van der Waals surface area contributed by atoms with Gasteiger partial charge in [-0.1, -0.05) is 0 Å². The van der Waals surface area contributed by atoms with E-state index in [2.05, 4.69) is 4.90 Å². The summed E-state index contributed by atoms with van der Waals surface area (Å²) in [6.45, 7) is 7.32. The third-order valence-corrected chi connectivity index (χ3v) is 3.86. The Kier molecular flexibility index (Phi) is 5.41. The fourth-order valence-electron chi connectivity index (χ4n) is 2.68. The minimum Gasteiger partial charge on any atom is -0.381 e.